The molecule has 0 saturated heterocycles. The minimum Gasteiger partial charge on any atom is -0.508 e. The van der Waals surface area contributed by atoms with Gasteiger partial charge in [0.05, 0.1) is 25.7 Å². The number of phenolic OH excluding ortho intramolecular Hbond substituents is 1. The lowest BCUT2D eigenvalue weighted by atomic mass is 10.0. The SMILES string of the molecule is CCCCCCCCCCCCCCCC(=O)N[C@@H](CCSC)C(=O)NCC(=O)N[C@@H](Cc1ccc(O)cc1)C(=O)N[C@@H](CCC(N)=O)C(=O)N[C@H](CCCCN)C(=O)N[C@@H](CCCCN)C(=O)N[C@@H](CC(C)C)C(=O)N[C@@H](CCCNC(=N)N)C(=O)N[C@@H](CO)C(=O)N[C@@H](CCSC)C(=O)N[C@H](C(=O)N[C@@H](CC(=O)O)C(N)=O)[C@@H](C)O. The van der Waals surface area contributed by atoms with E-state index in [-0.39, 0.29) is 114 Å². The first-order chi connectivity index (χ1) is 55.6. The van der Waals surface area contributed by atoms with Gasteiger partial charge in [-0.1, -0.05) is 110 Å². The van der Waals surface area contributed by atoms with Crippen LogP contribution in [0.2, 0.25) is 0 Å². The lowest BCUT2D eigenvalue weighted by Gasteiger charge is -2.29. The number of aliphatic carboxylic acids is 1. The van der Waals surface area contributed by atoms with Gasteiger partial charge in [0.1, 0.15) is 72.2 Å². The second kappa shape index (κ2) is 62.1. The van der Waals surface area contributed by atoms with Crippen molar-refractivity contribution in [1.29, 1.82) is 5.41 Å². The van der Waals surface area contributed by atoms with Gasteiger partial charge in [0, 0.05) is 25.8 Å². The third-order valence-electron chi connectivity index (χ3n) is 18.8. The fraction of sp³-hybridized carbons (Fsp3) is 0.714. The van der Waals surface area contributed by atoms with Gasteiger partial charge in [-0.3, -0.25) is 77.3 Å². The molecule has 0 radical (unpaired) electrons. The highest BCUT2D eigenvalue weighted by Gasteiger charge is 2.38. The first-order valence-electron chi connectivity index (χ1n) is 40.6. The molecule has 0 unspecified atom stereocenters. The molecule has 0 heterocycles. The maximum Gasteiger partial charge on any atom is 0.305 e. The molecule has 14 amide bonds. The molecule has 0 aliphatic carbocycles. The lowest BCUT2D eigenvalue weighted by molar-refractivity contribution is -0.141. The minimum absolute atomic E-state index is 0.0126. The zero-order chi connectivity index (χ0) is 87.8. The summed E-state index contributed by atoms with van der Waals surface area (Å²) < 4.78 is 0. The van der Waals surface area contributed by atoms with Gasteiger partial charge in [-0.25, -0.2) is 0 Å². The molecule has 0 aliphatic rings. The number of aromatic hydroxyl groups is 1. The topological polar surface area (TPSA) is 647 Å². The van der Waals surface area contributed by atoms with Crippen LogP contribution in [0, 0.1) is 11.3 Å². The summed E-state index contributed by atoms with van der Waals surface area (Å²) in [5.41, 5.74) is 28.5. The summed E-state index contributed by atoms with van der Waals surface area (Å²) in [6.07, 6.45) is 15.6. The van der Waals surface area contributed by atoms with Crippen LogP contribution in [0.1, 0.15) is 213 Å². The van der Waals surface area contributed by atoms with Crippen LogP contribution in [-0.2, 0) is 78.3 Å². The molecule has 0 saturated carbocycles. The number of phenols is 1. The summed E-state index contributed by atoms with van der Waals surface area (Å²) in [5.74, 6) is -14.8. The summed E-state index contributed by atoms with van der Waals surface area (Å²) >= 11 is 2.70. The Bertz CT molecular complexity index is 3260. The number of nitrogens with one attached hydrogen (secondary N) is 14. The summed E-state index contributed by atoms with van der Waals surface area (Å²) in [4.78, 5) is 205. The quantitative estimate of drug-likeness (QED) is 0.0201. The molecule has 38 nitrogen and oxygen atoms in total. The normalized spacial score (nSPS) is 14.2. The van der Waals surface area contributed by atoms with Crippen molar-refractivity contribution in [1.82, 2.24) is 69.1 Å². The fourth-order valence-electron chi connectivity index (χ4n) is 12.2. The number of carboxylic acids is 1. The molecule has 0 aliphatic heterocycles. The molecular formula is C77H135N19O19S2. The van der Waals surface area contributed by atoms with Crippen molar-refractivity contribution in [2.75, 3.05) is 56.8 Å². The summed E-state index contributed by atoms with van der Waals surface area (Å²) in [6.45, 7) is 5.32. The van der Waals surface area contributed by atoms with Gasteiger partial charge in [-0.15, -0.1) is 0 Å². The van der Waals surface area contributed by atoms with Crippen LogP contribution in [-0.4, -0.2) is 244 Å². The van der Waals surface area contributed by atoms with Gasteiger partial charge in [0.2, 0.25) is 82.7 Å². The van der Waals surface area contributed by atoms with E-state index in [0.717, 1.165) is 32.6 Å². The van der Waals surface area contributed by atoms with E-state index in [2.05, 4.69) is 76.0 Å². The second-order valence-electron chi connectivity index (χ2n) is 29.5. The molecule has 664 valence electrons. The first kappa shape index (κ1) is 106. The number of nitrogens with two attached hydrogens (primary N) is 5. The monoisotopic (exact) mass is 1690 g/mol. The third kappa shape index (κ3) is 47.8. The van der Waals surface area contributed by atoms with Crippen molar-refractivity contribution in [3.63, 3.8) is 0 Å². The number of carbonyl (C=O) groups excluding carboxylic acids is 14. The van der Waals surface area contributed by atoms with Crippen LogP contribution in [0.4, 0.5) is 0 Å². The number of hydrogen-bond donors (Lipinski definition) is 23. The molecule has 1 rings (SSSR count). The van der Waals surface area contributed by atoms with E-state index < -0.39 is 194 Å². The number of rotatable bonds is 67. The highest BCUT2D eigenvalue weighted by atomic mass is 32.2. The Labute approximate surface area is 695 Å². The van der Waals surface area contributed by atoms with Gasteiger partial charge in [-0.05, 0) is 151 Å². The van der Waals surface area contributed by atoms with E-state index in [1.165, 1.54) is 99.2 Å². The summed E-state index contributed by atoms with van der Waals surface area (Å²) in [7, 11) is 0. The van der Waals surface area contributed by atoms with Crippen molar-refractivity contribution in [2.24, 2.45) is 34.6 Å². The number of thioether (sulfide) groups is 2. The van der Waals surface area contributed by atoms with Gasteiger partial charge >= 0.3 is 5.97 Å². The molecule has 0 spiro atoms. The summed E-state index contributed by atoms with van der Waals surface area (Å²) in [5, 5.41) is 80.8. The van der Waals surface area contributed by atoms with Crippen molar-refractivity contribution in [3.05, 3.63) is 29.8 Å². The predicted octanol–water partition coefficient (Wildman–Crippen LogP) is -1.46. The van der Waals surface area contributed by atoms with Crippen molar-refractivity contribution < 1.29 is 92.3 Å². The molecule has 0 fully saturated rings. The van der Waals surface area contributed by atoms with Crippen LogP contribution in [0.5, 0.6) is 5.75 Å². The predicted molar refractivity (Wildman–Crippen MR) is 445 cm³/mol. The Morgan fingerprint density at radius 2 is 0.838 bits per heavy atom. The smallest absolute Gasteiger partial charge is 0.305 e. The molecular weight excluding hydrogens is 1560 g/mol. The van der Waals surface area contributed by atoms with Crippen molar-refractivity contribution in [2.45, 2.75) is 286 Å². The van der Waals surface area contributed by atoms with Crippen LogP contribution < -0.4 is 97.8 Å². The van der Waals surface area contributed by atoms with Crippen LogP contribution >= 0.6 is 23.5 Å². The Hall–Kier alpha value is -9.12. The first-order valence-corrected chi connectivity index (χ1v) is 43.4. The highest BCUT2D eigenvalue weighted by Crippen LogP contribution is 2.17. The maximum absolute atomic E-state index is 14.7. The van der Waals surface area contributed by atoms with E-state index in [0.29, 0.717) is 30.6 Å². The number of guanidine groups is 1. The van der Waals surface area contributed by atoms with E-state index in [9.17, 15) is 92.3 Å². The molecule has 1 aromatic carbocycles. The number of hydrogen-bond acceptors (Lipinski definition) is 23. The zero-order valence-electron chi connectivity index (χ0n) is 68.9. The molecule has 28 N–H and O–H groups in total. The van der Waals surface area contributed by atoms with Crippen LogP contribution in [0.25, 0.3) is 0 Å². The van der Waals surface area contributed by atoms with Crippen molar-refractivity contribution in [3.8, 4) is 5.75 Å². The Morgan fingerprint density at radius 1 is 0.436 bits per heavy atom. The van der Waals surface area contributed by atoms with Gasteiger partial charge in [0.15, 0.2) is 5.96 Å². The number of carboxylic acid groups (broad SMARTS) is 1. The molecule has 1 aromatic rings. The van der Waals surface area contributed by atoms with Gasteiger partial charge in [-0.2, -0.15) is 23.5 Å². The fourth-order valence-corrected chi connectivity index (χ4v) is 13.1. The number of aliphatic hydroxyl groups excluding tert-OH is 2. The zero-order valence-corrected chi connectivity index (χ0v) is 70.5. The molecule has 0 aromatic heterocycles. The molecule has 0 bridgehead atoms. The van der Waals surface area contributed by atoms with Gasteiger partial charge < -0.3 is 118 Å². The number of aliphatic hydroxyl groups is 2. The number of carbonyl (C=O) groups is 15. The Balaban J connectivity index is 3.60. The van der Waals surface area contributed by atoms with E-state index in [4.69, 9.17) is 34.1 Å². The largest absolute Gasteiger partial charge is 0.508 e. The van der Waals surface area contributed by atoms with Crippen LogP contribution in [0.15, 0.2) is 24.3 Å². The number of benzene rings is 1. The van der Waals surface area contributed by atoms with Crippen LogP contribution in [0.3, 0.4) is 0 Å². The molecule has 40 heteroatoms. The lowest BCUT2D eigenvalue weighted by Crippen LogP contribution is -2.62. The van der Waals surface area contributed by atoms with E-state index in [1.807, 2.05) is 6.26 Å². The molecule has 117 heavy (non-hydrogen) atoms. The van der Waals surface area contributed by atoms with Gasteiger partial charge in [0.25, 0.3) is 0 Å². The number of primary amides is 2. The second-order valence-corrected chi connectivity index (χ2v) is 31.4. The van der Waals surface area contributed by atoms with E-state index >= 15 is 0 Å². The number of amides is 14. The highest BCUT2D eigenvalue weighted by molar-refractivity contribution is 7.98. The average molecular weight is 1700 g/mol. The standard InChI is InChI=1S/C77H135N19O19S2/c1-7-8-9-10-11-12-13-14-15-16-17-18-19-28-62(101)86-55(35-40-116-5)67(106)85-45-63(102)87-59(43-49-29-31-50(99)32-30-49)74(113)91-54(33-34-61(80)100)71(110)89-51(25-20-22-37-78)68(107)88-52(26-21-23-38-79)69(108)94-58(42-47(2)3)73(112)90-53(27-24-39-84-77(82)83)70(109)95-60(46-97)75(114)92-56(36-41-117-6)72(111)96-65(48(4)98)76(115)93-57(66(81)105)44-64(103)104/h29-32,47-48,51-60,65,97-99H,7-28,33-46,78-79H2,1-6H3,(H2,80,100)(H2,81,105)(H,85,106)(H,86,101)(H,87,102)(H,88,107)(H,89,110)(H,90,112)(H,91,113)(H,92,114)(H,93,115)(H,94,108)(H,95,109)(H,96,111)(H,103,104)(H4,82,83,84)/t48-,51-,52+,53+,54+,55+,56+,57+,58+,59+,60+,65+/m1/s1. The Kier molecular flexibility index (Phi) is 56.2. The van der Waals surface area contributed by atoms with Crippen molar-refractivity contribution >= 4 is 118 Å². The van der Waals surface area contributed by atoms with E-state index in [1.54, 1.807) is 20.1 Å². The maximum atomic E-state index is 14.7. The third-order valence-corrected chi connectivity index (χ3v) is 20.1. The minimum atomic E-state index is -1.84. The molecule has 12 atom stereocenters. The Morgan fingerprint density at radius 3 is 1.27 bits per heavy atom. The number of unbranched alkanes of at least 4 members (excludes halogenated alkanes) is 14. The summed E-state index contributed by atoms with van der Waals surface area (Å²) in [6, 6.07) is -11.3. The average Bonchev–Trinajstić information content (AvgIpc) is 0.860.